The number of fused-ring (bicyclic) bond motifs is 2. The number of pyridine rings is 1. The summed E-state index contributed by atoms with van der Waals surface area (Å²) in [6.07, 6.45) is 10.0. The van der Waals surface area contributed by atoms with Crippen molar-refractivity contribution in [3.05, 3.63) is 18.0 Å². The molecule has 0 saturated heterocycles. The van der Waals surface area contributed by atoms with Crippen LogP contribution < -0.4 is 11.1 Å². The lowest BCUT2D eigenvalue weighted by atomic mass is 9.52. The molecule has 22 heavy (non-hydrogen) atoms. The van der Waals surface area contributed by atoms with Crippen molar-refractivity contribution in [3.63, 3.8) is 0 Å². The van der Waals surface area contributed by atoms with Crippen LogP contribution in [-0.4, -0.2) is 10.9 Å². The second-order valence-corrected chi connectivity index (χ2v) is 7.73. The van der Waals surface area contributed by atoms with Gasteiger partial charge in [0.1, 0.15) is 0 Å². The summed E-state index contributed by atoms with van der Waals surface area (Å²) in [6.45, 7) is 4.29. The predicted molar refractivity (Wildman–Crippen MR) is 89.4 cm³/mol. The fourth-order valence-electron chi connectivity index (χ4n) is 4.53. The summed E-state index contributed by atoms with van der Waals surface area (Å²) in [5.74, 6) is 1.87. The van der Waals surface area contributed by atoms with Crippen molar-refractivity contribution < 1.29 is 4.79 Å². The maximum Gasteiger partial charge on any atom is 0.224 e. The van der Waals surface area contributed by atoms with Crippen molar-refractivity contribution in [2.24, 2.45) is 17.3 Å². The average molecular weight is 301 g/mol. The molecule has 3 aliphatic rings. The Morgan fingerprint density at radius 3 is 2.91 bits per heavy atom. The topological polar surface area (TPSA) is 68.0 Å². The lowest BCUT2D eigenvalue weighted by Crippen LogP contribution is -2.42. The van der Waals surface area contributed by atoms with Crippen LogP contribution in [0.5, 0.6) is 0 Å². The third-order valence-electron chi connectivity index (χ3n) is 5.44. The lowest BCUT2D eigenvalue weighted by molar-refractivity contribution is -0.116. The second-order valence-electron chi connectivity index (χ2n) is 7.73. The molecule has 1 aromatic heterocycles. The zero-order valence-electron chi connectivity index (χ0n) is 13.7. The summed E-state index contributed by atoms with van der Waals surface area (Å²) in [5, 5.41) is 2.89. The van der Waals surface area contributed by atoms with E-state index in [1.54, 1.807) is 12.3 Å². The van der Waals surface area contributed by atoms with Crippen LogP contribution in [0.15, 0.2) is 12.3 Å². The number of aryl methyl sites for hydroxylation is 1. The molecular weight excluding hydrogens is 274 g/mol. The van der Waals surface area contributed by atoms with E-state index in [-0.39, 0.29) is 5.91 Å². The van der Waals surface area contributed by atoms with Gasteiger partial charge in [-0.3, -0.25) is 9.78 Å². The number of hydrogen-bond donors (Lipinski definition) is 2. The van der Waals surface area contributed by atoms with Crippen LogP contribution in [-0.2, 0) is 4.79 Å². The van der Waals surface area contributed by atoms with Gasteiger partial charge in [0, 0.05) is 6.42 Å². The van der Waals surface area contributed by atoms with Crippen LogP contribution in [0.4, 0.5) is 11.4 Å². The first-order valence-corrected chi connectivity index (χ1v) is 8.45. The molecule has 1 atom stereocenters. The van der Waals surface area contributed by atoms with Crippen LogP contribution in [0.3, 0.4) is 0 Å². The number of nitrogen functional groups attached to an aromatic ring is 1. The van der Waals surface area contributed by atoms with Gasteiger partial charge >= 0.3 is 0 Å². The standard InChI is InChI=1S/C18H27N3O/c1-12-16(19)7-15(11-20-12)21-17(22)5-3-4-13-6-14-9-18(2,8-13)10-14/h7,11,13-14H,3-6,8-10,19H2,1-2H3,(H,21,22). The molecule has 3 saturated carbocycles. The molecule has 1 amide bonds. The number of carbonyl (C=O) groups excluding carboxylic acids is 1. The fourth-order valence-corrected chi connectivity index (χ4v) is 4.53. The molecule has 0 aromatic carbocycles. The van der Waals surface area contributed by atoms with Gasteiger partial charge in [0.05, 0.1) is 23.3 Å². The van der Waals surface area contributed by atoms with Gasteiger partial charge in [-0.1, -0.05) is 6.92 Å². The zero-order valence-corrected chi connectivity index (χ0v) is 13.7. The number of carbonyl (C=O) groups is 1. The normalized spacial score (nSPS) is 29.7. The number of nitrogens with zero attached hydrogens (tertiary/aromatic N) is 1. The third kappa shape index (κ3) is 3.42. The van der Waals surface area contributed by atoms with E-state index >= 15 is 0 Å². The molecule has 1 unspecified atom stereocenters. The van der Waals surface area contributed by atoms with Crippen molar-refractivity contribution in [3.8, 4) is 0 Å². The molecule has 0 spiro atoms. The van der Waals surface area contributed by atoms with Crippen molar-refractivity contribution in [1.29, 1.82) is 0 Å². The molecule has 3 fully saturated rings. The zero-order chi connectivity index (χ0) is 15.7. The summed E-state index contributed by atoms with van der Waals surface area (Å²) in [4.78, 5) is 16.2. The minimum atomic E-state index is 0.0669. The molecule has 4 rings (SSSR count). The quantitative estimate of drug-likeness (QED) is 0.866. The largest absolute Gasteiger partial charge is 0.397 e. The van der Waals surface area contributed by atoms with Crippen LogP contribution in [0.2, 0.25) is 0 Å². The molecule has 0 aliphatic heterocycles. The highest BCUT2D eigenvalue weighted by Crippen LogP contribution is 2.57. The van der Waals surface area contributed by atoms with E-state index < -0.39 is 0 Å². The van der Waals surface area contributed by atoms with Gasteiger partial charge in [-0.05, 0) is 68.8 Å². The van der Waals surface area contributed by atoms with Crippen molar-refractivity contribution >= 4 is 17.3 Å². The molecule has 4 heteroatoms. The number of nitrogens with two attached hydrogens (primary N) is 1. The Balaban J connectivity index is 1.40. The first-order chi connectivity index (χ1) is 10.4. The van der Waals surface area contributed by atoms with Crippen molar-refractivity contribution in [1.82, 2.24) is 4.98 Å². The Morgan fingerprint density at radius 2 is 2.23 bits per heavy atom. The molecule has 1 aromatic rings. The fraction of sp³-hybridized carbons (Fsp3) is 0.667. The number of amides is 1. The molecule has 1 heterocycles. The van der Waals surface area contributed by atoms with Crippen molar-refractivity contribution in [2.75, 3.05) is 11.1 Å². The SMILES string of the molecule is Cc1ncc(NC(=O)CCCC2CC3CC(C)(C2)C3)cc1N. The highest BCUT2D eigenvalue weighted by molar-refractivity contribution is 5.90. The van der Waals surface area contributed by atoms with Gasteiger partial charge in [-0.2, -0.15) is 0 Å². The van der Waals surface area contributed by atoms with E-state index in [0.717, 1.165) is 24.0 Å². The van der Waals surface area contributed by atoms with Gasteiger partial charge in [0.15, 0.2) is 0 Å². The number of anilines is 2. The summed E-state index contributed by atoms with van der Waals surface area (Å²) < 4.78 is 0. The van der Waals surface area contributed by atoms with Gasteiger partial charge < -0.3 is 11.1 Å². The summed E-state index contributed by atoms with van der Waals surface area (Å²) >= 11 is 0. The molecule has 2 bridgehead atoms. The predicted octanol–water partition coefficient (Wildman–Crippen LogP) is 3.91. The smallest absolute Gasteiger partial charge is 0.224 e. The van der Waals surface area contributed by atoms with Gasteiger partial charge in [-0.25, -0.2) is 0 Å². The first-order valence-electron chi connectivity index (χ1n) is 8.45. The summed E-state index contributed by atoms with van der Waals surface area (Å²) in [7, 11) is 0. The Hall–Kier alpha value is -1.58. The molecule has 3 aliphatic carbocycles. The minimum Gasteiger partial charge on any atom is -0.397 e. The molecule has 3 N–H and O–H groups in total. The summed E-state index contributed by atoms with van der Waals surface area (Å²) in [6, 6.07) is 1.77. The first kappa shape index (κ1) is 15.3. The number of rotatable bonds is 5. The van der Waals surface area contributed by atoms with Crippen LogP contribution in [0.25, 0.3) is 0 Å². The van der Waals surface area contributed by atoms with E-state index in [9.17, 15) is 4.79 Å². The van der Waals surface area contributed by atoms with Crippen LogP contribution in [0.1, 0.15) is 57.6 Å². The Labute approximate surface area is 132 Å². The van der Waals surface area contributed by atoms with Crippen LogP contribution >= 0.6 is 0 Å². The molecule has 4 nitrogen and oxygen atoms in total. The minimum absolute atomic E-state index is 0.0669. The van der Waals surface area contributed by atoms with Gasteiger partial charge in [-0.15, -0.1) is 0 Å². The maximum absolute atomic E-state index is 12.0. The lowest BCUT2D eigenvalue weighted by Gasteiger charge is -2.53. The average Bonchev–Trinajstić information content (AvgIpc) is 2.41. The second kappa shape index (κ2) is 5.90. The Morgan fingerprint density at radius 1 is 1.45 bits per heavy atom. The molecule has 0 radical (unpaired) electrons. The third-order valence-corrected chi connectivity index (χ3v) is 5.44. The van der Waals surface area contributed by atoms with E-state index in [1.807, 2.05) is 6.92 Å². The van der Waals surface area contributed by atoms with Gasteiger partial charge in [0.25, 0.3) is 0 Å². The van der Waals surface area contributed by atoms with E-state index in [2.05, 4.69) is 17.2 Å². The molecular formula is C18H27N3O. The summed E-state index contributed by atoms with van der Waals surface area (Å²) in [5.41, 5.74) is 8.54. The van der Waals surface area contributed by atoms with E-state index in [0.29, 0.717) is 23.2 Å². The monoisotopic (exact) mass is 301 g/mol. The number of hydrogen-bond acceptors (Lipinski definition) is 3. The van der Waals surface area contributed by atoms with E-state index in [4.69, 9.17) is 5.73 Å². The Bertz CT molecular complexity index is 563. The van der Waals surface area contributed by atoms with Crippen LogP contribution in [0, 0.1) is 24.2 Å². The Kier molecular flexibility index (Phi) is 4.11. The number of nitrogens with one attached hydrogen (secondary N) is 1. The van der Waals surface area contributed by atoms with E-state index in [1.165, 1.54) is 32.1 Å². The maximum atomic E-state index is 12.0. The van der Waals surface area contributed by atoms with Crippen molar-refractivity contribution in [2.45, 2.75) is 58.8 Å². The highest BCUT2D eigenvalue weighted by Gasteiger charge is 2.46. The van der Waals surface area contributed by atoms with Gasteiger partial charge in [0.2, 0.25) is 5.91 Å². The highest BCUT2D eigenvalue weighted by atomic mass is 16.1. The number of aromatic nitrogens is 1. The molecule has 120 valence electrons.